The highest BCUT2D eigenvalue weighted by Gasteiger charge is 2.31. The molecule has 0 bridgehead atoms. The predicted octanol–water partition coefficient (Wildman–Crippen LogP) is 5.49. The Hall–Kier alpha value is -0.900. The van der Waals surface area contributed by atoms with E-state index in [0.717, 1.165) is 37.8 Å². The molecule has 1 saturated carbocycles. The fourth-order valence-corrected chi connectivity index (χ4v) is 2.69. The van der Waals surface area contributed by atoms with Crippen molar-refractivity contribution in [2.45, 2.75) is 50.7 Å². The SMILES string of the molecule is FC(F)(F)c1ccc(NC2CCCCCC2)c(Cl)c1. The zero-order chi connectivity index (χ0) is 13.9. The summed E-state index contributed by atoms with van der Waals surface area (Å²) in [7, 11) is 0. The van der Waals surface area contributed by atoms with Crippen LogP contribution in [-0.2, 0) is 6.18 Å². The van der Waals surface area contributed by atoms with Crippen molar-refractivity contribution in [2.24, 2.45) is 0 Å². The lowest BCUT2D eigenvalue weighted by molar-refractivity contribution is -0.137. The van der Waals surface area contributed by atoms with Gasteiger partial charge in [-0.25, -0.2) is 0 Å². The van der Waals surface area contributed by atoms with Gasteiger partial charge >= 0.3 is 6.18 Å². The summed E-state index contributed by atoms with van der Waals surface area (Å²) in [6, 6.07) is 3.80. The number of rotatable bonds is 2. The van der Waals surface area contributed by atoms with Crippen LogP contribution in [0.5, 0.6) is 0 Å². The Labute approximate surface area is 116 Å². The Morgan fingerprint density at radius 1 is 1.05 bits per heavy atom. The molecule has 19 heavy (non-hydrogen) atoms. The summed E-state index contributed by atoms with van der Waals surface area (Å²) in [6.07, 6.45) is 2.56. The van der Waals surface area contributed by atoms with Gasteiger partial charge in [0.1, 0.15) is 0 Å². The highest BCUT2D eigenvalue weighted by Crippen LogP contribution is 2.34. The van der Waals surface area contributed by atoms with Crippen LogP contribution in [0.3, 0.4) is 0 Å². The second kappa shape index (κ2) is 6.04. The number of nitrogens with one attached hydrogen (secondary N) is 1. The van der Waals surface area contributed by atoms with Crippen molar-refractivity contribution in [3.05, 3.63) is 28.8 Å². The second-order valence-electron chi connectivity index (χ2n) is 5.03. The molecule has 1 N–H and O–H groups in total. The van der Waals surface area contributed by atoms with Crippen molar-refractivity contribution in [1.29, 1.82) is 0 Å². The monoisotopic (exact) mass is 291 g/mol. The molecule has 1 aromatic carbocycles. The van der Waals surface area contributed by atoms with Crippen LogP contribution in [0.1, 0.15) is 44.1 Å². The van der Waals surface area contributed by atoms with Crippen molar-refractivity contribution < 1.29 is 13.2 Å². The fraction of sp³-hybridized carbons (Fsp3) is 0.571. The first kappa shape index (κ1) is 14.5. The maximum absolute atomic E-state index is 12.5. The van der Waals surface area contributed by atoms with Gasteiger partial charge < -0.3 is 5.32 Å². The number of alkyl halides is 3. The third-order valence-corrected chi connectivity index (χ3v) is 3.82. The lowest BCUT2D eigenvalue weighted by Crippen LogP contribution is -2.18. The first-order chi connectivity index (χ1) is 8.97. The average Bonchev–Trinajstić information content (AvgIpc) is 2.59. The van der Waals surface area contributed by atoms with Gasteiger partial charge in [-0.3, -0.25) is 0 Å². The number of halogens is 4. The van der Waals surface area contributed by atoms with Crippen LogP contribution >= 0.6 is 11.6 Å². The zero-order valence-corrected chi connectivity index (χ0v) is 11.3. The van der Waals surface area contributed by atoms with Crippen LogP contribution in [0.15, 0.2) is 18.2 Å². The standard InChI is InChI=1S/C14H17ClF3N/c15-12-9-10(14(16,17)18)7-8-13(12)19-11-5-3-1-2-4-6-11/h7-9,11,19H,1-6H2. The molecule has 1 nitrogen and oxygen atoms in total. The van der Waals surface area contributed by atoms with Gasteiger partial charge in [0.2, 0.25) is 0 Å². The minimum Gasteiger partial charge on any atom is -0.381 e. The molecule has 106 valence electrons. The van der Waals surface area contributed by atoms with E-state index in [9.17, 15) is 13.2 Å². The quantitative estimate of drug-likeness (QED) is 0.710. The molecule has 1 aliphatic carbocycles. The summed E-state index contributed by atoms with van der Waals surface area (Å²) in [6.45, 7) is 0. The first-order valence-corrected chi connectivity index (χ1v) is 6.98. The molecule has 1 aliphatic rings. The predicted molar refractivity (Wildman–Crippen MR) is 71.6 cm³/mol. The van der Waals surface area contributed by atoms with Crippen LogP contribution in [0.25, 0.3) is 0 Å². The van der Waals surface area contributed by atoms with Crippen LogP contribution in [0.4, 0.5) is 18.9 Å². The van der Waals surface area contributed by atoms with E-state index in [1.54, 1.807) is 0 Å². The molecule has 0 saturated heterocycles. The number of anilines is 1. The molecule has 0 aliphatic heterocycles. The lowest BCUT2D eigenvalue weighted by atomic mass is 10.1. The zero-order valence-electron chi connectivity index (χ0n) is 10.6. The van der Waals surface area contributed by atoms with E-state index in [1.165, 1.54) is 18.9 Å². The molecule has 0 radical (unpaired) electrons. The van der Waals surface area contributed by atoms with Gasteiger partial charge in [0.05, 0.1) is 16.3 Å². The van der Waals surface area contributed by atoms with E-state index in [0.29, 0.717) is 11.7 Å². The van der Waals surface area contributed by atoms with Crippen molar-refractivity contribution in [1.82, 2.24) is 0 Å². The van der Waals surface area contributed by atoms with Crippen LogP contribution in [0.2, 0.25) is 5.02 Å². The maximum Gasteiger partial charge on any atom is 0.416 e. The van der Waals surface area contributed by atoms with Crippen molar-refractivity contribution in [2.75, 3.05) is 5.32 Å². The molecular formula is C14H17ClF3N. The molecule has 0 unspecified atom stereocenters. The minimum atomic E-state index is -4.34. The van der Waals surface area contributed by atoms with Crippen molar-refractivity contribution in [3.8, 4) is 0 Å². The van der Waals surface area contributed by atoms with Crippen LogP contribution in [-0.4, -0.2) is 6.04 Å². The molecule has 0 atom stereocenters. The van der Waals surface area contributed by atoms with Gasteiger partial charge in [-0.15, -0.1) is 0 Å². The molecule has 5 heteroatoms. The van der Waals surface area contributed by atoms with Gasteiger partial charge in [0.15, 0.2) is 0 Å². The molecule has 1 aromatic rings. The van der Waals surface area contributed by atoms with Gasteiger partial charge in [0.25, 0.3) is 0 Å². The van der Waals surface area contributed by atoms with E-state index in [1.807, 2.05) is 0 Å². The van der Waals surface area contributed by atoms with Gasteiger partial charge in [-0.2, -0.15) is 13.2 Å². The molecular weight excluding hydrogens is 275 g/mol. The lowest BCUT2D eigenvalue weighted by Gasteiger charge is -2.19. The van der Waals surface area contributed by atoms with E-state index in [-0.39, 0.29) is 5.02 Å². The molecule has 1 fully saturated rings. The third-order valence-electron chi connectivity index (χ3n) is 3.51. The summed E-state index contributed by atoms with van der Waals surface area (Å²) in [4.78, 5) is 0. The van der Waals surface area contributed by atoms with E-state index >= 15 is 0 Å². The minimum absolute atomic E-state index is 0.138. The average molecular weight is 292 g/mol. The Kier molecular flexibility index (Phi) is 4.61. The van der Waals surface area contributed by atoms with Gasteiger partial charge in [-0.1, -0.05) is 37.3 Å². The Balaban J connectivity index is 2.08. The summed E-state index contributed by atoms with van der Waals surface area (Å²) in [5.74, 6) is 0. The Morgan fingerprint density at radius 3 is 2.21 bits per heavy atom. The molecule has 0 heterocycles. The molecule has 0 aromatic heterocycles. The number of benzene rings is 1. The molecule has 0 amide bonds. The van der Waals surface area contributed by atoms with E-state index in [2.05, 4.69) is 5.32 Å². The van der Waals surface area contributed by atoms with Crippen molar-refractivity contribution >= 4 is 17.3 Å². The van der Waals surface area contributed by atoms with E-state index < -0.39 is 11.7 Å². The molecule has 2 rings (SSSR count). The summed E-state index contributed by atoms with van der Waals surface area (Å²) in [5, 5.41) is 3.41. The summed E-state index contributed by atoms with van der Waals surface area (Å²) in [5.41, 5.74) is -0.106. The topological polar surface area (TPSA) is 12.0 Å². The summed E-state index contributed by atoms with van der Waals surface area (Å²) >= 11 is 5.93. The normalized spacial score (nSPS) is 18.1. The highest BCUT2D eigenvalue weighted by molar-refractivity contribution is 6.33. The first-order valence-electron chi connectivity index (χ1n) is 6.60. The van der Waals surface area contributed by atoms with Gasteiger partial charge in [-0.05, 0) is 31.0 Å². The van der Waals surface area contributed by atoms with Crippen LogP contribution < -0.4 is 5.32 Å². The highest BCUT2D eigenvalue weighted by atomic mass is 35.5. The van der Waals surface area contributed by atoms with Gasteiger partial charge in [0, 0.05) is 6.04 Å². The van der Waals surface area contributed by atoms with E-state index in [4.69, 9.17) is 11.6 Å². The smallest absolute Gasteiger partial charge is 0.381 e. The Bertz CT molecular complexity index is 423. The largest absolute Gasteiger partial charge is 0.416 e. The summed E-state index contributed by atoms with van der Waals surface area (Å²) < 4.78 is 37.6. The molecule has 0 spiro atoms. The fourth-order valence-electron chi connectivity index (χ4n) is 2.45. The Morgan fingerprint density at radius 2 is 1.68 bits per heavy atom. The number of hydrogen-bond acceptors (Lipinski definition) is 1. The van der Waals surface area contributed by atoms with Crippen molar-refractivity contribution in [3.63, 3.8) is 0 Å². The second-order valence-corrected chi connectivity index (χ2v) is 5.43. The number of hydrogen-bond donors (Lipinski definition) is 1. The van der Waals surface area contributed by atoms with Crippen LogP contribution in [0, 0.1) is 0 Å². The third kappa shape index (κ3) is 4.03. The maximum atomic E-state index is 12.5.